The van der Waals surface area contributed by atoms with E-state index < -0.39 is 16.0 Å². The van der Waals surface area contributed by atoms with Crippen LogP contribution in [0.3, 0.4) is 0 Å². The van der Waals surface area contributed by atoms with Gasteiger partial charge in [-0.1, -0.05) is 30.3 Å². The van der Waals surface area contributed by atoms with Gasteiger partial charge < -0.3 is 14.2 Å². The molecule has 0 saturated carbocycles. The molecule has 0 amide bonds. The quantitative estimate of drug-likeness (QED) is 0.695. The second-order valence-corrected chi connectivity index (χ2v) is 8.69. The second kappa shape index (κ2) is 8.24. The molecule has 1 saturated heterocycles. The Bertz CT molecular complexity index is 885. The highest BCUT2D eigenvalue weighted by molar-refractivity contribution is 7.89. The van der Waals surface area contributed by atoms with Crippen LogP contribution in [-0.2, 0) is 28.4 Å². The van der Waals surface area contributed by atoms with Crippen molar-refractivity contribution in [1.29, 1.82) is 0 Å². The number of ether oxygens (including phenoxy) is 1. The van der Waals surface area contributed by atoms with Gasteiger partial charge in [0, 0.05) is 37.7 Å². The van der Waals surface area contributed by atoms with Gasteiger partial charge in [0.1, 0.15) is 17.1 Å². The second-order valence-electron chi connectivity index (χ2n) is 6.97. The minimum atomic E-state index is -3.67. The molecule has 1 aromatic heterocycles. The lowest BCUT2D eigenvalue weighted by atomic mass is 10.1. The lowest BCUT2D eigenvalue weighted by molar-refractivity contribution is -0.918. The number of methoxy groups -OCH3 is 1. The van der Waals surface area contributed by atoms with Crippen LogP contribution in [0, 0.1) is 0 Å². The minimum Gasteiger partial charge on any atom is -0.464 e. The van der Waals surface area contributed by atoms with Crippen molar-refractivity contribution in [1.82, 2.24) is 9.29 Å². The third-order valence-electron chi connectivity index (χ3n) is 5.00. The van der Waals surface area contributed by atoms with Crippen molar-refractivity contribution in [3.63, 3.8) is 0 Å². The highest BCUT2D eigenvalue weighted by Crippen LogP contribution is 2.16. The number of benzene rings is 1. The molecule has 8 heteroatoms. The van der Waals surface area contributed by atoms with Crippen LogP contribution < -0.4 is 9.62 Å². The maximum absolute atomic E-state index is 12.7. The van der Waals surface area contributed by atoms with Crippen molar-refractivity contribution in [3.8, 4) is 0 Å². The number of hydrogen-bond donors (Lipinski definition) is 2. The van der Waals surface area contributed by atoms with Gasteiger partial charge in [0.2, 0.25) is 10.0 Å². The summed E-state index contributed by atoms with van der Waals surface area (Å²) in [6.07, 6.45) is 3.01. The van der Waals surface area contributed by atoms with Crippen LogP contribution in [0.4, 0.5) is 0 Å². The molecule has 1 aliphatic heterocycles. The van der Waals surface area contributed by atoms with E-state index in [4.69, 9.17) is 0 Å². The first kappa shape index (κ1) is 19.6. The average molecular weight is 393 g/mol. The lowest BCUT2D eigenvalue weighted by Crippen LogP contribution is -3.12. The van der Waals surface area contributed by atoms with Crippen LogP contribution in [0.2, 0.25) is 0 Å². The van der Waals surface area contributed by atoms with Crippen molar-refractivity contribution in [2.75, 3.05) is 20.2 Å². The molecule has 7 nitrogen and oxygen atoms in total. The molecule has 1 aliphatic rings. The Morgan fingerprint density at radius 1 is 1.26 bits per heavy atom. The number of rotatable bonds is 6. The lowest BCUT2D eigenvalue weighted by Gasteiger charge is -2.29. The van der Waals surface area contributed by atoms with E-state index in [2.05, 4.69) is 21.6 Å². The number of aryl methyl sites for hydroxylation is 1. The number of esters is 1. The fraction of sp³-hybridized carbons (Fsp3) is 0.421. The molecular weight excluding hydrogens is 366 g/mol. The summed E-state index contributed by atoms with van der Waals surface area (Å²) in [5, 5.41) is 0. The van der Waals surface area contributed by atoms with Gasteiger partial charge >= 0.3 is 5.97 Å². The highest BCUT2D eigenvalue weighted by atomic mass is 32.2. The van der Waals surface area contributed by atoms with Crippen molar-refractivity contribution >= 4 is 16.0 Å². The van der Waals surface area contributed by atoms with Gasteiger partial charge in [-0.15, -0.1) is 0 Å². The molecular formula is C19H26N3O4S+. The molecule has 146 valence electrons. The number of likely N-dealkylation sites (tertiary alicyclic amines) is 1. The van der Waals surface area contributed by atoms with Gasteiger partial charge in [-0.25, -0.2) is 17.9 Å². The Balaban J connectivity index is 1.59. The molecule has 1 fully saturated rings. The summed E-state index contributed by atoms with van der Waals surface area (Å²) in [6, 6.07) is 11.6. The summed E-state index contributed by atoms with van der Waals surface area (Å²) in [5.74, 6) is -0.559. The fourth-order valence-electron chi connectivity index (χ4n) is 3.48. The third-order valence-corrected chi connectivity index (χ3v) is 6.48. The molecule has 0 unspecified atom stereocenters. The van der Waals surface area contributed by atoms with E-state index >= 15 is 0 Å². The van der Waals surface area contributed by atoms with E-state index in [9.17, 15) is 13.2 Å². The topological polar surface area (TPSA) is 81.8 Å². The Morgan fingerprint density at radius 3 is 2.56 bits per heavy atom. The van der Waals surface area contributed by atoms with Crippen molar-refractivity contribution in [2.24, 2.45) is 7.05 Å². The number of carbonyl (C=O) groups excluding carboxylic acids is 1. The molecule has 0 aliphatic carbocycles. The third kappa shape index (κ3) is 4.77. The van der Waals surface area contributed by atoms with Crippen LogP contribution >= 0.6 is 0 Å². The Labute approximate surface area is 160 Å². The number of piperidine rings is 1. The monoisotopic (exact) mass is 392 g/mol. The zero-order valence-corrected chi connectivity index (χ0v) is 16.5. The number of sulfonamides is 1. The summed E-state index contributed by atoms with van der Waals surface area (Å²) in [7, 11) is -0.775. The van der Waals surface area contributed by atoms with E-state index in [0.29, 0.717) is 0 Å². The number of hydrogen-bond acceptors (Lipinski definition) is 4. The molecule has 3 rings (SSSR count). The highest BCUT2D eigenvalue weighted by Gasteiger charge is 2.28. The standard InChI is InChI=1S/C19H25N3O4S/c1-21-14-17(12-18(21)19(23)26-2)27(24,25)20-16-8-10-22(11-9-16)13-15-6-4-3-5-7-15/h3-7,12,14,16,20H,8-11,13H2,1-2H3/p+1. The molecule has 0 bridgehead atoms. The largest absolute Gasteiger partial charge is 0.464 e. The summed E-state index contributed by atoms with van der Waals surface area (Å²) in [5.41, 5.74) is 1.51. The van der Waals surface area contributed by atoms with Gasteiger partial charge in [-0.3, -0.25) is 0 Å². The van der Waals surface area contributed by atoms with Crippen molar-refractivity contribution < 1.29 is 22.8 Å². The molecule has 2 aromatic rings. The molecule has 0 atom stereocenters. The Hall–Kier alpha value is -2.16. The van der Waals surface area contributed by atoms with Crippen LogP contribution in [-0.4, -0.2) is 45.2 Å². The minimum absolute atomic E-state index is 0.0868. The van der Waals surface area contributed by atoms with Crippen molar-refractivity contribution in [2.45, 2.75) is 30.3 Å². The predicted molar refractivity (Wildman–Crippen MR) is 101 cm³/mol. The van der Waals surface area contributed by atoms with E-state index in [0.717, 1.165) is 32.5 Å². The van der Waals surface area contributed by atoms with Crippen LogP contribution in [0.25, 0.3) is 0 Å². The van der Waals surface area contributed by atoms with Crippen molar-refractivity contribution in [3.05, 3.63) is 53.9 Å². The Kier molecular flexibility index (Phi) is 5.98. The van der Waals surface area contributed by atoms with Gasteiger partial charge in [0.15, 0.2) is 0 Å². The Morgan fingerprint density at radius 2 is 1.93 bits per heavy atom. The SMILES string of the molecule is COC(=O)c1cc(S(=O)(=O)NC2CC[NH+](Cc3ccccc3)CC2)cn1C. The first-order valence-electron chi connectivity index (χ1n) is 9.03. The molecule has 27 heavy (non-hydrogen) atoms. The maximum Gasteiger partial charge on any atom is 0.354 e. The predicted octanol–water partition coefficient (Wildman–Crippen LogP) is 0.338. The van der Waals surface area contributed by atoms with Gasteiger partial charge in [-0.05, 0) is 6.07 Å². The smallest absolute Gasteiger partial charge is 0.354 e. The number of nitrogens with zero attached hydrogens (tertiary/aromatic N) is 1. The summed E-state index contributed by atoms with van der Waals surface area (Å²) in [6.45, 7) is 2.80. The molecule has 2 heterocycles. The van der Waals surface area contributed by atoms with Crippen LogP contribution in [0.15, 0.2) is 47.5 Å². The van der Waals surface area contributed by atoms with Gasteiger partial charge in [0.05, 0.1) is 20.2 Å². The number of aromatic nitrogens is 1. The first-order chi connectivity index (χ1) is 12.9. The number of carbonyl (C=O) groups is 1. The summed E-state index contributed by atoms with van der Waals surface area (Å²) >= 11 is 0. The van der Waals surface area contributed by atoms with E-state index in [1.165, 1.54) is 34.4 Å². The van der Waals surface area contributed by atoms with Crippen LogP contribution in [0.1, 0.15) is 28.9 Å². The molecule has 0 spiro atoms. The molecule has 1 aromatic carbocycles. The fourth-order valence-corrected chi connectivity index (χ4v) is 4.86. The van der Waals surface area contributed by atoms with E-state index in [-0.39, 0.29) is 16.6 Å². The summed E-state index contributed by atoms with van der Waals surface area (Å²) in [4.78, 5) is 13.2. The molecule has 2 N–H and O–H groups in total. The first-order valence-corrected chi connectivity index (χ1v) is 10.5. The average Bonchev–Trinajstić information content (AvgIpc) is 3.06. The zero-order valence-electron chi connectivity index (χ0n) is 15.6. The molecule has 0 radical (unpaired) electrons. The normalized spacial score (nSPS) is 20.4. The van der Waals surface area contributed by atoms with Gasteiger partial charge in [0.25, 0.3) is 0 Å². The van der Waals surface area contributed by atoms with Crippen LogP contribution in [0.5, 0.6) is 0 Å². The maximum atomic E-state index is 12.7. The summed E-state index contributed by atoms with van der Waals surface area (Å²) < 4.78 is 34.3. The van der Waals surface area contributed by atoms with E-state index in [1.54, 1.807) is 7.05 Å². The zero-order chi connectivity index (χ0) is 19.4. The van der Waals surface area contributed by atoms with Gasteiger partial charge in [-0.2, -0.15) is 0 Å². The number of quaternary nitrogens is 1. The van der Waals surface area contributed by atoms with E-state index in [1.807, 2.05) is 18.2 Å². The number of nitrogens with one attached hydrogen (secondary N) is 2.